The van der Waals surface area contributed by atoms with Gasteiger partial charge < -0.3 is 10.3 Å². The summed E-state index contributed by atoms with van der Waals surface area (Å²) in [6.07, 6.45) is 2.76. The first-order chi connectivity index (χ1) is 13.0. The number of hydrogen-bond donors (Lipinski definition) is 2. The molecule has 4 rings (SSSR count). The Hall–Kier alpha value is -2.85. The standard InChI is InChI=1S/C22H20ClN3O/c1-13-9-14(2)22(18(23)10-13)26-21(27)8-7-15-11-17-16-5-3-4-6-19(16)25-20(17)12-24-15/h3-6,9-12,25H,7-8H2,1-2H3,(H,26,27). The molecule has 2 heterocycles. The molecule has 0 aliphatic heterocycles. The molecule has 1 amide bonds. The number of nitrogens with one attached hydrogen (secondary N) is 2. The average Bonchev–Trinajstić information content (AvgIpc) is 3.01. The molecule has 2 aromatic heterocycles. The molecule has 0 aliphatic rings. The van der Waals surface area contributed by atoms with Crippen molar-refractivity contribution in [3.63, 3.8) is 0 Å². The smallest absolute Gasteiger partial charge is 0.224 e. The predicted octanol–water partition coefficient (Wildman–Crippen LogP) is 5.56. The number of pyridine rings is 1. The Labute approximate surface area is 162 Å². The maximum atomic E-state index is 12.4. The van der Waals surface area contributed by atoms with Crippen LogP contribution in [0.3, 0.4) is 0 Å². The van der Waals surface area contributed by atoms with Gasteiger partial charge in [-0.3, -0.25) is 9.78 Å². The molecular formula is C22H20ClN3O. The van der Waals surface area contributed by atoms with E-state index in [-0.39, 0.29) is 5.91 Å². The van der Waals surface area contributed by atoms with E-state index >= 15 is 0 Å². The quantitative estimate of drug-likeness (QED) is 0.489. The van der Waals surface area contributed by atoms with Gasteiger partial charge in [-0.05, 0) is 49.6 Å². The van der Waals surface area contributed by atoms with Crippen LogP contribution in [0.15, 0.2) is 48.7 Å². The van der Waals surface area contributed by atoms with Crippen LogP contribution in [-0.4, -0.2) is 15.9 Å². The van der Waals surface area contributed by atoms with Crippen molar-refractivity contribution in [1.82, 2.24) is 9.97 Å². The lowest BCUT2D eigenvalue weighted by Gasteiger charge is -2.11. The molecule has 0 spiro atoms. The first kappa shape index (κ1) is 17.6. The molecule has 0 saturated carbocycles. The molecule has 5 heteroatoms. The second-order valence-electron chi connectivity index (χ2n) is 6.88. The molecule has 0 bridgehead atoms. The summed E-state index contributed by atoms with van der Waals surface area (Å²) in [7, 11) is 0. The number of rotatable bonds is 4. The van der Waals surface area contributed by atoms with Gasteiger partial charge in [-0.15, -0.1) is 0 Å². The molecular weight excluding hydrogens is 358 g/mol. The highest BCUT2D eigenvalue weighted by Crippen LogP contribution is 2.28. The third-order valence-corrected chi connectivity index (χ3v) is 5.05. The van der Waals surface area contributed by atoms with E-state index in [1.54, 1.807) is 0 Å². The number of nitrogens with zero attached hydrogens (tertiary/aromatic N) is 1. The minimum Gasteiger partial charge on any atom is -0.353 e. The highest BCUT2D eigenvalue weighted by molar-refractivity contribution is 6.34. The van der Waals surface area contributed by atoms with Gasteiger partial charge >= 0.3 is 0 Å². The fourth-order valence-corrected chi connectivity index (χ4v) is 3.82. The van der Waals surface area contributed by atoms with Crippen LogP contribution >= 0.6 is 11.6 Å². The second kappa shape index (κ2) is 7.05. The number of aromatic amines is 1. The summed E-state index contributed by atoms with van der Waals surface area (Å²) in [6.45, 7) is 3.93. The number of hydrogen-bond acceptors (Lipinski definition) is 2. The van der Waals surface area contributed by atoms with Gasteiger partial charge in [0.15, 0.2) is 0 Å². The Kier molecular flexibility index (Phi) is 4.58. The lowest BCUT2D eigenvalue weighted by Crippen LogP contribution is -2.14. The molecule has 0 unspecified atom stereocenters. The van der Waals surface area contributed by atoms with Crippen molar-refractivity contribution >= 4 is 45.0 Å². The zero-order chi connectivity index (χ0) is 19.0. The predicted molar refractivity (Wildman–Crippen MR) is 111 cm³/mol. The summed E-state index contributed by atoms with van der Waals surface area (Å²) in [4.78, 5) is 20.3. The zero-order valence-electron chi connectivity index (χ0n) is 15.3. The molecule has 2 N–H and O–H groups in total. The van der Waals surface area contributed by atoms with Gasteiger partial charge in [0.05, 0.1) is 22.4 Å². The summed E-state index contributed by atoms with van der Waals surface area (Å²) in [5.41, 5.74) is 5.72. The number of aryl methyl sites for hydroxylation is 3. The molecule has 2 aromatic carbocycles. The molecule has 0 saturated heterocycles. The SMILES string of the molecule is Cc1cc(C)c(NC(=O)CCc2cc3c(cn2)[nH]c2ccccc23)c(Cl)c1. The summed E-state index contributed by atoms with van der Waals surface area (Å²) in [5.74, 6) is -0.0651. The first-order valence-corrected chi connectivity index (χ1v) is 9.31. The number of H-pyrrole nitrogens is 1. The average molecular weight is 378 g/mol. The third kappa shape index (κ3) is 3.53. The fraction of sp³-hybridized carbons (Fsp3) is 0.182. The number of aromatic nitrogens is 2. The highest BCUT2D eigenvalue weighted by atomic mass is 35.5. The van der Waals surface area contributed by atoms with Gasteiger partial charge in [-0.2, -0.15) is 0 Å². The van der Waals surface area contributed by atoms with Crippen molar-refractivity contribution in [1.29, 1.82) is 0 Å². The van der Waals surface area contributed by atoms with Gasteiger partial charge in [-0.1, -0.05) is 35.9 Å². The molecule has 0 radical (unpaired) electrons. The largest absolute Gasteiger partial charge is 0.353 e. The van der Waals surface area contributed by atoms with E-state index in [4.69, 9.17) is 11.6 Å². The van der Waals surface area contributed by atoms with Crippen LogP contribution in [0.1, 0.15) is 23.2 Å². The first-order valence-electron chi connectivity index (χ1n) is 8.93. The van der Waals surface area contributed by atoms with Crippen molar-refractivity contribution in [2.24, 2.45) is 0 Å². The number of amides is 1. The van der Waals surface area contributed by atoms with Crippen LogP contribution in [-0.2, 0) is 11.2 Å². The van der Waals surface area contributed by atoms with Crippen molar-refractivity contribution in [3.05, 3.63) is 70.5 Å². The maximum absolute atomic E-state index is 12.4. The monoisotopic (exact) mass is 377 g/mol. The van der Waals surface area contributed by atoms with Crippen molar-refractivity contribution in [2.45, 2.75) is 26.7 Å². The van der Waals surface area contributed by atoms with E-state index < -0.39 is 0 Å². The Morgan fingerprint density at radius 1 is 1.11 bits per heavy atom. The van der Waals surface area contributed by atoms with Gasteiger partial charge in [0, 0.05) is 28.4 Å². The number of halogens is 1. The third-order valence-electron chi connectivity index (χ3n) is 4.75. The lowest BCUT2D eigenvalue weighted by atomic mass is 10.1. The van der Waals surface area contributed by atoms with Gasteiger partial charge in [0.25, 0.3) is 0 Å². The van der Waals surface area contributed by atoms with E-state index in [2.05, 4.69) is 33.5 Å². The van der Waals surface area contributed by atoms with E-state index in [0.717, 1.165) is 33.2 Å². The van der Waals surface area contributed by atoms with E-state index in [1.165, 1.54) is 5.39 Å². The summed E-state index contributed by atoms with van der Waals surface area (Å²) in [5, 5.41) is 5.80. The number of anilines is 1. The topological polar surface area (TPSA) is 57.8 Å². The molecule has 4 aromatic rings. The van der Waals surface area contributed by atoms with Crippen molar-refractivity contribution in [2.75, 3.05) is 5.32 Å². The van der Waals surface area contributed by atoms with Crippen LogP contribution in [0.5, 0.6) is 0 Å². The molecule has 4 nitrogen and oxygen atoms in total. The van der Waals surface area contributed by atoms with E-state index in [1.807, 2.05) is 44.3 Å². The summed E-state index contributed by atoms with van der Waals surface area (Å²) in [6, 6.07) is 14.1. The van der Waals surface area contributed by atoms with Crippen LogP contribution in [0.4, 0.5) is 5.69 Å². The zero-order valence-corrected chi connectivity index (χ0v) is 16.0. The van der Waals surface area contributed by atoms with Crippen LogP contribution in [0, 0.1) is 13.8 Å². The Morgan fingerprint density at radius 3 is 2.74 bits per heavy atom. The van der Waals surface area contributed by atoms with Crippen LogP contribution in [0.25, 0.3) is 21.8 Å². The molecule has 27 heavy (non-hydrogen) atoms. The van der Waals surface area contributed by atoms with E-state index in [9.17, 15) is 4.79 Å². The number of carbonyl (C=O) groups is 1. The number of fused-ring (bicyclic) bond motifs is 3. The lowest BCUT2D eigenvalue weighted by molar-refractivity contribution is -0.116. The normalized spacial score (nSPS) is 11.2. The van der Waals surface area contributed by atoms with Gasteiger partial charge in [-0.25, -0.2) is 0 Å². The summed E-state index contributed by atoms with van der Waals surface area (Å²) >= 11 is 6.27. The maximum Gasteiger partial charge on any atom is 0.224 e. The number of benzene rings is 2. The highest BCUT2D eigenvalue weighted by Gasteiger charge is 2.11. The van der Waals surface area contributed by atoms with Gasteiger partial charge in [0.2, 0.25) is 5.91 Å². The minimum absolute atomic E-state index is 0.0651. The summed E-state index contributed by atoms with van der Waals surface area (Å²) < 4.78 is 0. The number of para-hydroxylation sites is 1. The molecule has 0 aliphatic carbocycles. The fourth-order valence-electron chi connectivity index (χ4n) is 3.45. The van der Waals surface area contributed by atoms with Crippen molar-refractivity contribution in [3.8, 4) is 0 Å². The minimum atomic E-state index is -0.0651. The molecule has 136 valence electrons. The van der Waals surface area contributed by atoms with Crippen LogP contribution < -0.4 is 5.32 Å². The molecule has 0 atom stereocenters. The number of carbonyl (C=O) groups excluding carboxylic acids is 1. The Morgan fingerprint density at radius 2 is 1.93 bits per heavy atom. The second-order valence-corrected chi connectivity index (χ2v) is 7.29. The van der Waals surface area contributed by atoms with Crippen LogP contribution in [0.2, 0.25) is 5.02 Å². The van der Waals surface area contributed by atoms with Gasteiger partial charge in [0.1, 0.15) is 0 Å². The van der Waals surface area contributed by atoms with Crippen molar-refractivity contribution < 1.29 is 4.79 Å². The molecule has 0 fully saturated rings. The Balaban J connectivity index is 1.50. The van der Waals surface area contributed by atoms with E-state index in [0.29, 0.717) is 23.6 Å². The Bertz CT molecular complexity index is 1140.